The second-order valence-electron chi connectivity index (χ2n) is 4.21. The van der Waals surface area contributed by atoms with Crippen LogP contribution in [0.3, 0.4) is 0 Å². The number of nitrogens with zero attached hydrogens (tertiary/aromatic N) is 3. The average molecular weight is 292 g/mol. The van der Waals surface area contributed by atoms with Gasteiger partial charge in [0.25, 0.3) is 5.91 Å². The maximum absolute atomic E-state index is 12.2. The second kappa shape index (κ2) is 5.83. The molecule has 6 nitrogen and oxygen atoms in total. The highest BCUT2D eigenvalue weighted by Crippen LogP contribution is 2.17. The molecule has 0 aliphatic rings. The van der Waals surface area contributed by atoms with E-state index in [0.29, 0.717) is 5.82 Å². The summed E-state index contributed by atoms with van der Waals surface area (Å²) in [5.41, 5.74) is 1.67. The average Bonchev–Trinajstić information content (AvgIpc) is 2.37. The van der Waals surface area contributed by atoms with E-state index in [1.54, 1.807) is 19.2 Å². The van der Waals surface area contributed by atoms with Gasteiger partial charge in [-0.25, -0.2) is 15.0 Å². The summed E-state index contributed by atoms with van der Waals surface area (Å²) >= 11 is 5.98. The van der Waals surface area contributed by atoms with Crippen LogP contribution < -0.4 is 10.6 Å². The van der Waals surface area contributed by atoms with E-state index >= 15 is 0 Å². The van der Waals surface area contributed by atoms with Crippen LogP contribution in [-0.2, 0) is 0 Å². The predicted octanol–water partition coefficient (Wildman–Crippen LogP) is 2.44. The Morgan fingerprint density at radius 2 is 1.80 bits per heavy atom. The number of carbonyl (C=O) groups is 1. The lowest BCUT2D eigenvalue weighted by Crippen LogP contribution is -2.17. The Hall–Kier alpha value is -2.21. The van der Waals surface area contributed by atoms with E-state index in [0.717, 1.165) is 11.4 Å². The number of amides is 1. The Kier molecular flexibility index (Phi) is 4.14. The van der Waals surface area contributed by atoms with Crippen molar-refractivity contribution in [3.05, 3.63) is 40.3 Å². The maximum Gasteiger partial charge on any atom is 0.278 e. The van der Waals surface area contributed by atoms with Crippen LogP contribution in [0.15, 0.2) is 18.2 Å². The SMILES string of the molecule is CNc1ccc(Cl)c(C(=O)Nc2nc(C)cc(C)n2)n1. The lowest BCUT2D eigenvalue weighted by atomic mass is 10.3. The first-order valence-electron chi connectivity index (χ1n) is 5.97. The van der Waals surface area contributed by atoms with Crippen molar-refractivity contribution in [3.8, 4) is 0 Å². The molecule has 2 heterocycles. The number of pyridine rings is 1. The van der Waals surface area contributed by atoms with Gasteiger partial charge in [0.15, 0.2) is 0 Å². The molecule has 0 saturated heterocycles. The Bertz CT molecular complexity index is 639. The molecule has 0 aromatic carbocycles. The van der Waals surface area contributed by atoms with Gasteiger partial charge in [0.1, 0.15) is 11.5 Å². The molecule has 104 valence electrons. The van der Waals surface area contributed by atoms with Gasteiger partial charge in [0.2, 0.25) is 5.95 Å². The number of carbonyl (C=O) groups excluding carboxylic acids is 1. The Morgan fingerprint density at radius 3 is 2.40 bits per heavy atom. The zero-order valence-electron chi connectivity index (χ0n) is 11.4. The second-order valence-corrected chi connectivity index (χ2v) is 4.61. The van der Waals surface area contributed by atoms with E-state index in [4.69, 9.17) is 11.6 Å². The molecule has 0 atom stereocenters. The van der Waals surface area contributed by atoms with Crippen LogP contribution in [0, 0.1) is 13.8 Å². The molecule has 0 unspecified atom stereocenters. The summed E-state index contributed by atoms with van der Waals surface area (Å²) in [5, 5.41) is 5.72. The molecule has 0 radical (unpaired) electrons. The van der Waals surface area contributed by atoms with Crippen molar-refractivity contribution in [2.75, 3.05) is 17.7 Å². The Morgan fingerprint density at radius 1 is 1.15 bits per heavy atom. The molecule has 7 heteroatoms. The van der Waals surface area contributed by atoms with Crippen molar-refractivity contribution in [1.29, 1.82) is 0 Å². The van der Waals surface area contributed by atoms with Gasteiger partial charge < -0.3 is 5.32 Å². The molecule has 0 spiro atoms. The fraction of sp³-hybridized carbons (Fsp3) is 0.231. The van der Waals surface area contributed by atoms with Crippen molar-refractivity contribution in [2.24, 2.45) is 0 Å². The fourth-order valence-corrected chi connectivity index (χ4v) is 1.87. The van der Waals surface area contributed by atoms with E-state index in [1.165, 1.54) is 0 Å². The van der Waals surface area contributed by atoms with E-state index in [9.17, 15) is 4.79 Å². The van der Waals surface area contributed by atoms with Crippen LogP contribution in [0.5, 0.6) is 0 Å². The van der Waals surface area contributed by atoms with E-state index in [2.05, 4.69) is 25.6 Å². The third kappa shape index (κ3) is 3.21. The van der Waals surface area contributed by atoms with Crippen molar-refractivity contribution in [3.63, 3.8) is 0 Å². The maximum atomic E-state index is 12.2. The third-order valence-corrected chi connectivity index (χ3v) is 2.83. The quantitative estimate of drug-likeness (QED) is 0.908. The molecular weight excluding hydrogens is 278 g/mol. The van der Waals surface area contributed by atoms with Gasteiger partial charge in [-0.3, -0.25) is 10.1 Å². The molecule has 2 rings (SSSR count). The molecule has 0 bridgehead atoms. The summed E-state index contributed by atoms with van der Waals surface area (Å²) < 4.78 is 0. The molecule has 2 N–H and O–H groups in total. The van der Waals surface area contributed by atoms with Crippen LogP contribution in [0.1, 0.15) is 21.9 Å². The minimum Gasteiger partial charge on any atom is -0.373 e. The summed E-state index contributed by atoms with van der Waals surface area (Å²) in [6, 6.07) is 5.12. The summed E-state index contributed by atoms with van der Waals surface area (Å²) in [6.07, 6.45) is 0. The molecular formula is C13H14ClN5O. The highest BCUT2D eigenvalue weighted by Gasteiger charge is 2.14. The van der Waals surface area contributed by atoms with Crippen molar-refractivity contribution in [2.45, 2.75) is 13.8 Å². The summed E-state index contributed by atoms with van der Waals surface area (Å²) in [7, 11) is 1.71. The molecule has 0 fully saturated rings. The first-order valence-corrected chi connectivity index (χ1v) is 6.35. The molecule has 0 aliphatic heterocycles. The minimum atomic E-state index is -0.447. The number of aromatic nitrogens is 3. The zero-order valence-corrected chi connectivity index (χ0v) is 12.1. The van der Waals surface area contributed by atoms with E-state index in [1.807, 2.05) is 19.9 Å². The number of anilines is 2. The number of hydrogen-bond acceptors (Lipinski definition) is 5. The van der Waals surface area contributed by atoms with Crippen molar-refractivity contribution >= 4 is 29.3 Å². The number of nitrogens with one attached hydrogen (secondary N) is 2. The Labute approximate surface area is 121 Å². The predicted molar refractivity (Wildman–Crippen MR) is 78.3 cm³/mol. The lowest BCUT2D eigenvalue weighted by Gasteiger charge is -2.07. The molecule has 2 aromatic heterocycles. The fourth-order valence-electron chi connectivity index (χ4n) is 1.68. The molecule has 0 aliphatic carbocycles. The first-order chi connectivity index (χ1) is 9.49. The molecule has 2 aromatic rings. The van der Waals surface area contributed by atoms with E-state index < -0.39 is 5.91 Å². The summed E-state index contributed by atoms with van der Waals surface area (Å²) in [5.74, 6) is 0.346. The first kappa shape index (κ1) is 14.2. The van der Waals surface area contributed by atoms with Crippen molar-refractivity contribution in [1.82, 2.24) is 15.0 Å². The number of rotatable bonds is 3. The van der Waals surface area contributed by atoms with Gasteiger partial charge in [-0.15, -0.1) is 0 Å². The highest BCUT2D eigenvalue weighted by molar-refractivity contribution is 6.34. The van der Waals surface area contributed by atoms with Gasteiger partial charge in [-0.05, 0) is 32.0 Å². The van der Waals surface area contributed by atoms with Crippen molar-refractivity contribution < 1.29 is 4.79 Å². The smallest absolute Gasteiger partial charge is 0.278 e. The van der Waals surface area contributed by atoms with Crippen LogP contribution in [0.25, 0.3) is 0 Å². The summed E-state index contributed by atoms with van der Waals surface area (Å²) in [6.45, 7) is 3.66. The largest absolute Gasteiger partial charge is 0.373 e. The third-order valence-electron chi connectivity index (χ3n) is 2.52. The minimum absolute atomic E-state index is 0.126. The Balaban J connectivity index is 2.27. The zero-order chi connectivity index (χ0) is 14.7. The number of aryl methyl sites for hydroxylation is 2. The van der Waals surface area contributed by atoms with Gasteiger partial charge in [-0.1, -0.05) is 11.6 Å². The number of halogens is 1. The van der Waals surface area contributed by atoms with Crippen LogP contribution >= 0.6 is 11.6 Å². The number of hydrogen-bond donors (Lipinski definition) is 2. The van der Waals surface area contributed by atoms with Crippen LogP contribution in [0.4, 0.5) is 11.8 Å². The van der Waals surface area contributed by atoms with Gasteiger partial charge in [-0.2, -0.15) is 0 Å². The van der Waals surface area contributed by atoms with Crippen LogP contribution in [0.2, 0.25) is 5.02 Å². The monoisotopic (exact) mass is 291 g/mol. The van der Waals surface area contributed by atoms with Gasteiger partial charge >= 0.3 is 0 Å². The van der Waals surface area contributed by atoms with Gasteiger partial charge in [0.05, 0.1) is 5.02 Å². The standard InChI is InChI=1S/C13H14ClN5O/c1-7-6-8(2)17-13(16-7)19-12(20)11-9(14)4-5-10(15-3)18-11/h4-6H,1-3H3,(H,15,18)(H,16,17,19,20). The normalized spacial score (nSPS) is 10.2. The van der Waals surface area contributed by atoms with E-state index in [-0.39, 0.29) is 16.7 Å². The highest BCUT2D eigenvalue weighted by atomic mass is 35.5. The molecule has 0 saturated carbocycles. The summed E-state index contributed by atoms with van der Waals surface area (Å²) in [4.78, 5) is 24.6. The lowest BCUT2D eigenvalue weighted by molar-refractivity contribution is 0.102. The molecule has 1 amide bonds. The van der Waals surface area contributed by atoms with Crippen LogP contribution in [-0.4, -0.2) is 27.9 Å². The van der Waals surface area contributed by atoms with Gasteiger partial charge in [0, 0.05) is 18.4 Å². The molecule has 20 heavy (non-hydrogen) atoms. The topological polar surface area (TPSA) is 79.8 Å².